The van der Waals surface area contributed by atoms with Gasteiger partial charge in [0, 0.05) is 23.6 Å². The van der Waals surface area contributed by atoms with Crippen molar-refractivity contribution in [3.05, 3.63) is 66.4 Å². The lowest BCUT2D eigenvalue weighted by Gasteiger charge is -2.28. The number of hydrogen-bond acceptors (Lipinski definition) is 3. The van der Waals surface area contributed by atoms with Crippen LogP contribution in [0, 0.1) is 11.8 Å². The van der Waals surface area contributed by atoms with E-state index in [2.05, 4.69) is 65.3 Å². The first-order valence-electron chi connectivity index (χ1n) is 12.2. The second-order valence-electron chi connectivity index (χ2n) is 9.59. The zero-order valence-electron chi connectivity index (χ0n) is 19.0. The second kappa shape index (κ2) is 9.92. The highest BCUT2D eigenvalue weighted by Crippen LogP contribution is 2.47. The van der Waals surface area contributed by atoms with E-state index < -0.39 is 5.97 Å². The van der Waals surface area contributed by atoms with Gasteiger partial charge in [-0.05, 0) is 55.9 Å². The molecule has 5 nitrogen and oxygen atoms in total. The maximum atomic E-state index is 10.7. The number of carboxylic acids is 1. The van der Waals surface area contributed by atoms with Gasteiger partial charge >= 0.3 is 5.97 Å². The van der Waals surface area contributed by atoms with Crippen molar-refractivity contribution in [2.75, 3.05) is 13.2 Å². The summed E-state index contributed by atoms with van der Waals surface area (Å²) in [6.07, 6.45) is 6.91. The number of benzene rings is 2. The van der Waals surface area contributed by atoms with Crippen molar-refractivity contribution in [1.82, 2.24) is 9.78 Å². The van der Waals surface area contributed by atoms with Gasteiger partial charge in [0.2, 0.25) is 0 Å². The van der Waals surface area contributed by atoms with Crippen LogP contribution in [0.25, 0.3) is 22.4 Å². The molecule has 0 bridgehead atoms. The number of carboxylic acid groups (broad SMARTS) is 1. The third-order valence-corrected chi connectivity index (χ3v) is 7.03. The molecule has 172 valence electrons. The van der Waals surface area contributed by atoms with Gasteiger partial charge in [-0.25, -0.2) is 4.79 Å². The number of carbonyl (C=O) groups is 1. The fraction of sp³-hybridized carbons (Fsp3) is 0.429. The van der Waals surface area contributed by atoms with E-state index in [4.69, 9.17) is 14.9 Å². The third-order valence-electron chi connectivity index (χ3n) is 7.03. The SMILES string of the molecule is O=C(O)COCC1CCC(Cn2nc(C3CC3)c(-c3ccccc3)c2-c2ccccc2)CC1. The maximum absolute atomic E-state index is 10.7. The minimum Gasteiger partial charge on any atom is -0.480 e. The van der Waals surface area contributed by atoms with E-state index in [0.717, 1.165) is 32.2 Å². The van der Waals surface area contributed by atoms with Gasteiger partial charge in [0.05, 0.1) is 18.0 Å². The minimum atomic E-state index is -0.892. The summed E-state index contributed by atoms with van der Waals surface area (Å²) < 4.78 is 7.64. The highest BCUT2D eigenvalue weighted by molar-refractivity contribution is 5.83. The monoisotopic (exact) mass is 444 g/mol. The summed E-state index contributed by atoms with van der Waals surface area (Å²) in [7, 11) is 0. The first-order valence-corrected chi connectivity index (χ1v) is 12.2. The summed E-state index contributed by atoms with van der Waals surface area (Å²) in [6.45, 7) is 1.29. The summed E-state index contributed by atoms with van der Waals surface area (Å²) in [4.78, 5) is 10.7. The molecule has 2 aliphatic rings. The van der Waals surface area contributed by atoms with Crippen LogP contribution in [0.3, 0.4) is 0 Å². The van der Waals surface area contributed by atoms with Crippen LogP contribution < -0.4 is 0 Å². The topological polar surface area (TPSA) is 64.3 Å². The molecule has 1 N–H and O–H groups in total. The highest BCUT2D eigenvalue weighted by Gasteiger charge is 2.33. The molecule has 2 aliphatic carbocycles. The second-order valence-corrected chi connectivity index (χ2v) is 9.59. The molecule has 1 aromatic heterocycles. The van der Waals surface area contributed by atoms with E-state index in [1.165, 1.54) is 40.9 Å². The van der Waals surface area contributed by atoms with Gasteiger partial charge in [-0.1, -0.05) is 60.7 Å². The third kappa shape index (κ3) is 5.19. The van der Waals surface area contributed by atoms with Crippen molar-refractivity contribution in [1.29, 1.82) is 0 Å². The molecule has 0 radical (unpaired) electrons. The number of nitrogens with zero attached hydrogens (tertiary/aromatic N) is 2. The molecule has 5 heteroatoms. The van der Waals surface area contributed by atoms with E-state index in [0.29, 0.717) is 24.4 Å². The summed E-state index contributed by atoms with van der Waals surface area (Å²) >= 11 is 0. The number of rotatable bonds is 9. The molecule has 0 atom stereocenters. The van der Waals surface area contributed by atoms with Crippen molar-refractivity contribution >= 4 is 5.97 Å². The number of hydrogen-bond donors (Lipinski definition) is 1. The lowest BCUT2D eigenvalue weighted by atomic mass is 9.82. The molecular formula is C28H32N2O3. The molecule has 2 fully saturated rings. The van der Waals surface area contributed by atoms with Gasteiger partial charge in [0.15, 0.2) is 0 Å². The fourth-order valence-electron chi connectivity index (χ4n) is 5.17. The highest BCUT2D eigenvalue weighted by atomic mass is 16.5. The molecule has 33 heavy (non-hydrogen) atoms. The van der Waals surface area contributed by atoms with Crippen LogP contribution in [0.2, 0.25) is 0 Å². The summed E-state index contributed by atoms with van der Waals surface area (Å²) in [5.41, 5.74) is 6.29. The van der Waals surface area contributed by atoms with Gasteiger partial charge in [-0.2, -0.15) is 5.10 Å². The molecule has 3 aromatic rings. The van der Waals surface area contributed by atoms with Crippen LogP contribution in [0.1, 0.15) is 50.1 Å². The average molecular weight is 445 g/mol. The quantitative estimate of drug-likeness (QED) is 0.439. The Hall–Kier alpha value is -2.92. The minimum absolute atomic E-state index is 0.195. The summed E-state index contributed by atoms with van der Waals surface area (Å²) in [5.74, 6) is 0.731. The fourth-order valence-corrected chi connectivity index (χ4v) is 5.17. The molecule has 5 rings (SSSR count). The molecule has 1 heterocycles. The number of ether oxygens (including phenoxy) is 1. The zero-order chi connectivity index (χ0) is 22.6. The summed E-state index contributed by atoms with van der Waals surface area (Å²) in [6, 6.07) is 21.4. The maximum Gasteiger partial charge on any atom is 0.329 e. The Kier molecular flexibility index (Phi) is 6.58. The van der Waals surface area contributed by atoms with Crippen LogP contribution in [0.5, 0.6) is 0 Å². The smallest absolute Gasteiger partial charge is 0.329 e. The molecule has 0 amide bonds. The zero-order valence-corrected chi connectivity index (χ0v) is 19.0. The number of aromatic nitrogens is 2. The van der Waals surface area contributed by atoms with Crippen LogP contribution in [-0.2, 0) is 16.1 Å². The van der Waals surface area contributed by atoms with Crippen LogP contribution in [0.4, 0.5) is 0 Å². The molecule has 0 spiro atoms. The van der Waals surface area contributed by atoms with Gasteiger partial charge in [0.25, 0.3) is 0 Å². The Labute approximate surface area is 195 Å². The van der Waals surface area contributed by atoms with Gasteiger partial charge < -0.3 is 9.84 Å². The first-order chi connectivity index (χ1) is 16.2. The predicted octanol–water partition coefficient (Wildman–Crippen LogP) is 6.00. The number of aliphatic carboxylic acids is 1. The van der Waals surface area contributed by atoms with Crippen LogP contribution in [0.15, 0.2) is 60.7 Å². The predicted molar refractivity (Wildman–Crippen MR) is 129 cm³/mol. The molecule has 2 aromatic carbocycles. The average Bonchev–Trinajstić information content (AvgIpc) is 3.62. The van der Waals surface area contributed by atoms with Crippen molar-refractivity contribution in [2.24, 2.45) is 11.8 Å². The lowest BCUT2D eigenvalue weighted by Crippen LogP contribution is -2.23. The van der Waals surface area contributed by atoms with Crippen LogP contribution in [-0.4, -0.2) is 34.1 Å². The Morgan fingerprint density at radius 2 is 1.48 bits per heavy atom. The normalized spacial score (nSPS) is 20.6. The Bertz CT molecular complexity index is 1070. The van der Waals surface area contributed by atoms with Crippen molar-refractivity contribution in [3.63, 3.8) is 0 Å². The first kappa shape index (κ1) is 21.9. The van der Waals surface area contributed by atoms with E-state index in [1.807, 2.05) is 0 Å². The van der Waals surface area contributed by atoms with Gasteiger partial charge in [-0.3, -0.25) is 4.68 Å². The van der Waals surface area contributed by atoms with Crippen molar-refractivity contribution in [2.45, 2.75) is 51.0 Å². The molecule has 0 saturated heterocycles. The summed E-state index contributed by atoms with van der Waals surface area (Å²) in [5, 5.41) is 14.0. The van der Waals surface area contributed by atoms with Crippen molar-refractivity contribution in [3.8, 4) is 22.4 Å². The Morgan fingerprint density at radius 3 is 2.09 bits per heavy atom. The lowest BCUT2D eigenvalue weighted by molar-refractivity contribution is -0.142. The van der Waals surface area contributed by atoms with Crippen molar-refractivity contribution < 1.29 is 14.6 Å². The van der Waals surface area contributed by atoms with E-state index in [-0.39, 0.29) is 6.61 Å². The van der Waals surface area contributed by atoms with E-state index in [9.17, 15) is 4.79 Å². The molecule has 2 saturated carbocycles. The van der Waals surface area contributed by atoms with Gasteiger partial charge in [-0.15, -0.1) is 0 Å². The van der Waals surface area contributed by atoms with E-state index >= 15 is 0 Å². The van der Waals surface area contributed by atoms with Crippen LogP contribution >= 0.6 is 0 Å². The standard InChI is InChI=1S/C28H32N2O3/c31-25(32)19-33-18-21-13-11-20(12-14-21)17-30-28(24-9-5-2-6-10-24)26(22-7-3-1-4-8-22)27(29-30)23-15-16-23/h1-10,20-21,23H,11-19H2,(H,31,32). The molecular weight excluding hydrogens is 412 g/mol. The largest absolute Gasteiger partial charge is 0.480 e. The molecule has 0 unspecified atom stereocenters. The van der Waals surface area contributed by atoms with Gasteiger partial charge in [0.1, 0.15) is 6.61 Å². The Morgan fingerprint density at radius 1 is 0.879 bits per heavy atom. The molecule has 0 aliphatic heterocycles. The van der Waals surface area contributed by atoms with E-state index in [1.54, 1.807) is 0 Å². The Balaban J connectivity index is 1.40.